The molecule has 0 atom stereocenters. The van der Waals surface area contributed by atoms with Crippen molar-refractivity contribution in [3.05, 3.63) is 29.6 Å². The summed E-state index contributed by atoms with van der Waals surface area (Å²) < 4.78 is 18.8. The van der Waals surface area contributed by atoms with Crippen LogP contribution in [0.15, 0.2) is 18.2 Å². The van der Waals surface area contributed by atoms with E-state index < -0.39 is 5.91 Å². The molecule has 0 aromatic heterocycles. The molecule has 98 valence electrons. The van der Waals surface area contributed by atoms with Crippen LogP contribution in [0.4, 0.5) is 10.1 Å². The Labute approximate surface area is 105 Å². The molecule has 18 heavy (non-hydrogen) atoms. The predicted molar refractivity (Wildman–Crippen MR) is 67.0 cm³/mol. The van der Waals surface area contributed by atoms with Gasteiger partial charge in [-0.2, -0.15) is 0 Å². The van der Waals surface area contributed by atoms with Crippen LogP contribution in [0.25, 0.3) is 0 Å². The molecule has 0 spiro atoms. The van der Waals surface area contributed by atoms with Crippen molar-refractivity contribution in [2.75, 3.05) is 25.1 Å². The Kier molecular flexibility index (Phi) is 4.15. The number of carbonyl (C=O) groups excluding carboxylic acids is 1. The van der Waals surface area contributed by atoms with E-state index in [9.17, 15) is 9.18 Å². The van der Waals surface area contributed by atoms with Crippen molar-refractivity contribution < 1.29 is 13.9 Å². The molecule has 1 saturated heterocycles. The largest absolute Gasteiger partial charge is 0.382 e. The van der Waals surface area contributed by atoms with Gasteiger partial charge in [-0.15, -0.1) is 0 Å². The van der Waals surface area contributed by atoms with Gasteiger partial charge in [-0.3, -0.25) is 4.79 Å². The first kappa shape index (κ1) is 12.8. The van der Waals surface area contributed by atoms with Gasteiger partial charge in [-0.25, -0.2) is 4.39 Å². The molecule has 3 N–H and O–H groups in total. The van der Waals surface area contributed by atoms with Crippen molar-refractivity contribution >= 4 is 11.6 Å². The number of carbonyl (C=O) groups is 1. The minimum absolute atomic E-state index is 0.311. The fourth-order valence-electron chi connectivity index (χ4n) is 2.02. The molecule has 1 aliphatic heterocycles. The first-order valence-electron chi connectivity index (χ1n) is 6.08. The van der Waals surface area contributed by atoms with E-state index in [0.29, 0.717) is 23.7 Å². The second-order valence-corrected chi connectivity index (χ2v) is 4.50. The Morgan fingerprint density at radius 1 is 1.44 bits per heavy atom. The summed E-state index contributed by atoms with van der Waals surface area (Å²) in [6.45, 7) is 2.20. The first-order chi connectivity index (χ1) is 8.66. The average Bonchev–Trinajstić information content (AvgIpc) is 2.38. The third-order valence-corrected chi connectivity index (χ3v) is 3.17. The maximum Gasteiger partial charge on any atom is 0.248 e. The fraction of sp³-hybridized carbons (Fsp3) is 0.462. The molecule has 0 bridgehead atoms. The van der Waals surface area contributed by atoms with Gasteiger partial charge in [-0.05, 0) is 37.0 Å². The number of primary amides is 1. The highest BCUT2D eigenvalue weighted by Gasteiger charge is 2.14. The van der Waals surface area contributed by atoms with Crippen molar-refractivity contribution in [1.29, 1.82) is 0 Å². The highest BCUT2D eigenvalue weighted by atomic mass is 19.1. The molecule has 0 saturated carbocycles. The van der Waals surface area contributed by atoms with E-state index in [-0.39, 0.29) is 5.82 Å². The van der Waals surface area contributed by atoms with Crippen molar-refractivity contribution in [3.8, 4) is 0 Å². The molecular weight excluding hydrogens is 235 g/mol. The van der Waals surface area contributed by atoms with Gasteiger partial charge in [0.1, 0.15) is 5.82 Å². The second kappa shape index (κ2) is 5.82. The zero-order valence-corrected chi connectivity index (χ0v) is 10.1. The topological polar surface area (TPSA) is 64.4 Å². The monoisotopic (exact) mass is 252 g/mol. The summed E-state index contributed by atoms with van der Waals surface area (Å²) in [5.74, 6) is -0.438. The minimum Gasteiger partial charge on any atom is -0.382 e. The third-order valence-electron chi connectivity index (χ3n) is 3.17. The normalized spacial score (nSPS) is 16.5. The zero-order chi connectivity index (χ0) is 13.0. The van der Waals surface area contributed by atoms with Gasteiger partial charge in [0.05, 0.1) is 5.69 Å². The van der Waals surface area contributed by atoms with Gasteiger partial charge in [0.25, 0.3) is 0 Å². The van der Waals surface area contributed by atoms with Crippen LogP contribution in [0.2, 0.25) is 0 Å². The van der Waals surface area contributed by atoms with Crippen LogP contribution in [0, 0.1) is 11.7 Å². The molecule has 1 aliphatic rings. The van der Waals surface area contributed by atoms with Crippen LogP contribution in [0.5, 0.6) is 0 Å². The highest BCUT2D eigenvalue weighted by Crippen LogP contribution is 2.19. The standard InChI is InChI=1S/C13H17FN2O2/c14-11-2-1-10(13(15)17)7-12(11)16-8-9-3-5-18-6-4-9/h1-2,7,9,16H,3-6,8H2,(H2,15,17). The van der Waals surface area contributed by atoms with E-state index >= 15 is 0 Å². The van der Waals surface area contributed by atoms with E-state index in [0.717, 1.165) is 26.1 Å². The lowest BCUT2D eigenvalue weighted by atomic mass is 10.0. The van der Waals surface area contributed by atoms with Gasteiger partial charge in [0.15, 0.2) is 0 Å². The Morgan fingerprint density at radius 2 is 2.17 bits per heavy atom. The number of nitrogens with two attached hydrogens (primary N) is 1. The average molecular weight is 252 g/mol. The Bertz CT molecular complexity index is 431. The molecular formula is C13H17FN2O2. The Balaban J connectivity index is 1.99. The molecule has 0 radical (unpaired) electrons. The molecule has 0 unspecified atom stereocenters. The predicted octanol–water partition coefficient (Wildman–Crippen LogP) is 1.76. The lowest BCUT2D eigenvalue weighted by molar-refractivity contribution is 0.0699. The Hall–Kier alpha value is -1.62. The van der Waals surface area contributed by atoms with Gasteiger partial charge < -0.3 is 15.8 Å². The number of nitrogens with one attached hydrogen (secondary N) is 1. The summed E-state index contributed by atoms with van der Waals surface area (Å²) in [5, 5.41) is 3.04. The number of hydrogen-bond acceptors (Lipinski definition) is 3. The van der Waals surface area contributed by atoms with Gasteiger partial charge in [-0.1, -0.05) is 0 Å². The smallest absolute Gasteiger partial charge is 0.248 e. The molecule has 5 heteroatoms. The van der Waals surface area contributed by atoms with Crippen molar-refractivity contribution in [2.45, 2.75) is 12.8 Å². The number of halogens is 1. The van der Waals surface area contributed by atoms with E-state index in [1.807, 2.05) is 0 Å². The van der Waals surface area contributed by atoms with Crippen LogP contribution in [-0.2, 0) is 4.74 Å². The van der Waals surface area contributed by atoms with Gasteiger partial charge in [0.2, 0.25) is 5.91 Å². The summed E-state index contributed by atoms with van der Waals surface area (Å²) >= 11 is 0. The number of amides is 1. The van der Waals surface area contributed by atoms with Crippen LogP contribution in [0.1, 0.15) is 23.2 Å². The maximum absolute atomic E-state index is 13.5. The number of benzene rings is 1. The molecule has 1 fully saturated rings. The van der Waals surface area contributed by atoms with Crippen LogP contribution in [0.3, 0.4) is 0 Å². The minimum atomic E-state index is -0.552. The number of ether oxygens (including phenoxy) is 1. The molecule has 1 heterocycles. The van der Waals surface area contributed by atoms with Crippen LogP contribution in [-0.4, -0.2) is 25.7 Å². The van der Waals surface area contributed by atoms with E-state index in [4.69, 9.17) is 10.5 Å². The number of anilines is 1. The number of rotatable bonds is 4. The maximum atomic E-state index is 13.5. The second-order valence-electron chi connectivity index (χ2n) is 4.50. The fourth-order valence-corrected chi connectivity index (χ4v) is 2.02. The van der Waals surface area contributed by atoms with Gasteiger partial charge in [0, 0.05) is 25.3 Å². The molecule has 4 nitrogen and oxygen atoms in total. The quantitative estimate of drug-likeness (QED) is 0.858. The van der Waals surface area contributed by atoms with Gasteiger partial charge >= 0.3 is 0 Å². The third kappa shape index (κ3) is 3.20. The summed E-state index contributed by atoms with van der Waals surface area (Å²) in [4.78, 5) is 11.0. The Morgan fingerprint density at radius 3 is 2.83 bits per heavy atom. The lowest BCUT2D eigenvalue weighted by Crippen LogP contribution is -2.23. The highest BCUT2D eigenvalue weighted by molar-refractivity contribution is 5.93. The van der Waals surface area contributed by atoms with E-state index in [1.165, 1.54) is 18.2 Å². The first-order valence-corrected chi connectivity index (χ1v) is 6.08. The van der Waals surface area contributed by atoms with E-state index in [1.54, 1.807) is 0 Å². The SMILES string of the molecule is NC(=O)c1ccc(F)c(NCC2CCOCC2)c1. The van der Waals surface area contributed by atoms with Crippen molar-refractivity contribution in [3.63, 3.8) is 0 Å². The zero-order valence-electron chi connectivity index (χ0n) is 10.1. The summed E-state index contributed by atoms with van der Waals surface area (Å²) in [5.41, 5.74) is 5.81. The van der Waals surface area contributed by atoms with Crippen molar-refractivity contribution in [1.82, 2.24) is 0 Å². The number of hydrogen-bond donors (Lipinski definition) is 2. The molecule has 2 rings (SSSR count). The summed E-state index contributed by atoms with van der Waals surface area (Å²) in [6.07, 6.45) is 1.95. The van der Waals surface area contributed by atoms with Crippen molar-refractivity contribution in [2.24, 2.45) is 11.7 Å². The molecule has 1 aromatic carbocycles. The van der Waals surface area contributed by atoms with E-state index in [2.05, 4.69) is 5.32 Å². The molecule has 0 aliphatic carbocycles. The summed E-state index contributed by atoms with van der Waals surface area (Å²) in [7, 11) is 0. The lowest BCUT2D eigenvalue weighted by Gasteiger charge is -2.22. The van der Waals surface area contributed by atoms with Crippen LogP contribution < -0.4 is 11.1 Å². The summed E-state index contributed by atoms with van der Waals surface area (Å²) in [6, 6.07) is 4.10. The van der Waals surface area contributed by atoms with Crippen LogP contribution >= 0.6 is 0 Å². The molecule has 1 amide bonds. The molecule has 1 aromatic rings.